The zero-order valence-corrected chi connectivity index (χ0v) is 6.69. The first-order chi connectivity index (χ1) is 5.90. The summed E-state index contributed by atoms with van der Waals surface area (Å²) in [5, 5.41) is 0. The van der Waals surface area contributed by atoms with Gasteiger partial charge in [-0.2, -0.15) is 0 Å². The van der Waals surface area contributed by atoms with Gasteiger partial charge in [-0.05, 0) is 11.6 Å². The van der Waals surface area contributed by atoms with Gasteiger partial charge in [0.25, 0.3) is 0 Å². The minimum absolute atomic E-state index is 0.0902. The van der Waals surface area contributed by atoms with Gasteiger partial charge >= 0.3 is 0 Å². The van der Waals surface area contributed by atoms with Crippen LogP contribution in [0.5, 0.6) is 5.75 Å². The number of ether oxygens (including phenoxy) is 1. The van der Waals surface area contributed by atoms with Crippen molar-refractivity contribution in [3.8, 4) is 5.75 Å². The van der Waals surface area contributed by atoms with E-state index in [2.05, 4.69) is 10.9 Å². The lowest BCUT2D eigenvalue weighted by molar-refractivity contribution is 0.0609. The number of nitrogens with two attached hydrogens (primary N) is 1. The van der Waals surface area contributed by atoms with Crippen molar-refractivity contribution >= 4 is 0 Å². The molecule has 0 saturated carbocycles. The molecule has 1 aliphatic heterocycles. The van der Waals surface area contributed by atoms with Crippen LogP contribution in [0.15, 0.2) is 24.3 Å². The van der Waals surface area contributed by atoms with Crippen molar-refractivity contribution in [2.45, 2.75) is 12.5 Å². The van der Waals surface area contributed by atoms with Gasteiger partial charge in [-0.3, -0.25) is 0 Å². The van der Waals surface area contributed by atoms with Crippen molar-refractivity contribution in [2.75, 3.05) is 6.61 Å². The Morgan fingerprint density at radius 1 is 1.50 bits per heavy atom. The summed E-state index contributed by atoms with van der Waals surface area (Å²) in [6.07, 6.45) is 0.986. The van der Waals surface area contributed by atoms with E-state index < -0.39 is 0 Å². The fraction of sp³-hybridized carbons (Fsp3) is 0.333. The summed E-state index contributed by atoms with van der Waals surface area (Å²) in [5.41, 5.74) is 1.24. The Morgan fingerprint density at radius 2 is 2.33 bits per heavy atom. The largest absolute Gasteiger partial charge is 0.487 e. The first-order valence-corrected chi connectivity index (χ1v) is 3.96. The van der Waals surface area contributed by atoms with Crippen molar-refractivity contribution in [2.24, 2.45) is 5.90 Å². The summed E-state index contributed by atoms with van der Waals surface area (Å²) < 4.78 is 5.54. The van der Waals surface area contributed by atoms with Crippen molar-refractivity contribution in [3.63, 3.8) is 0 Å². The van der Waals surface area contributed by atoms with Gasteiger partial charge in [0.05, 0.1) is 0 Å². The van der Waals surface area contributed by atoms with E-state index in [1.54, 1.807) is 0 Å². The maximum absolute atomic E-state index is 5.54. The van der Waals surface area contributed by atoms with Crippen LogP contribution in [0.2, 0.25) is 0 Å². The summed E-state index contributed by atoms with van der Waals surface area (Å²) in [4.78, 5) is 4.53. The molecule has 1 unspecified atom stereocenters. The molecule has 2 rings (SSSR count). The predicted octanol–water partition coefficient (Wildman–Crippen LogP) is 0.880. The second-order valence-electron chi connectivity index (χ2n) is 2.89. The number of benzene rings is 1. The topological polar surface area (TPSA) is 44.5 Å². The highest BCUT2D eigenvalue weighted by Crippen LogP contribution is 2.27. The summed E-state index contributed by atoms with van der Waals surface area (Å²) in [5.74, 6) is 5.92. The molecule has 0 saturated heterocycles. The van der Waals surface area contributed by atoms with Gasteiger partial charge < -0.3 is 9.57 Å². The number of hydrogen-bond acceptors (Lipinski definition) is 3. The molecule has 1 atom stereocenters. The highest BCUT2D eigenvalue weighted by atomic mass is 16.6. The van der Waals surface area contributed by atoms with E-state index in [-0.39, 0.29) is 6.10 Å². The van der Waals surface area contributed by atoms with Gasteiger partial charge in [0.2, 0.25) is 0 Å². The Morgan fingerprint density at radius 3 is 3.08 bits per heavy atom. The van der Waals surface area contributed by atoms with Crippen molar-refractivity contribution < 1.29 is 9.57 Å². The van der Waals surface area contributed by atoms with Gasteiger partial charge in [0, 0.05) is 6.42 Å². The molecule has 0 amide bonds. The average molecular weight is 165 g/mol. The molecule has 1 heterocycles. The molecule has 0 fully saturated rings. The van der Waals surface area contributed by atoms with Crippen LogP contribution < -0.4 is 10.6 Å². The minimum atomic E-state index is 0.0902. The fourth-order valence-electron chi connectivity index (χ4n) is 1.45. The third-order valence-corrected chi connectivity index (χ3v) is 2.00. The van der Waals surface area contributed by atoms with Crippen LogP contribution in [0.25, 0.3) is 0 Å². The molecular weight excluding hydrogens is 154 g/mol. The summed E-state index contributed by atoms with van der Waals surface area (Å²) in [6, 6.07) is 8.00. The monoisotopic (exact) mass is 165 g/mol. The molecule has 1 aromatic carbocycles. The van der Waals surface area contributed by atoms with Gasteiger partial charge in [0.15, 0.2) is 0 Å². The van der Waals surface area contributed by atoms with Gasteiger partial charge in [-0.15, -0.1) is 0 Å². The number of hydrogen-bond donors (Lipinski definition) is 1. The molecule has 0 aliphatic carbocycles. The zero-order chi connectivity index (χ0) is 8.39. The Bertz CT molecular complexity index is 250. The molecule has 2 N–H and O–H groups in total. The highest BCUT2D eigenvalue weighted by molar-refractivity contribution is 5.37. The Balaban J connectivity index is 2.11. The van der Waals surface area contributed by atoms with E-state index in [1.807, 2.05) is 18.2 Å². The molecule has 12 heavy (non-hydrogen) atoms. The minimum Gasteiger partial charge on any atom is -0.487 e. The lowest BCUT2D eigenvalue weighted by Crippen LogP contribution is -2.22. The fourth-order valence-corrected chi connectivity index (χ4v) is 1.45. The van der Waals surface area contributed by atoms with Crippen LogP contribution in [0.1, 0.15) is 5.56 Å². The second kappa shape index (κ2) is 3.13. The lowest BCUT2D eigenvalue weighted by Gasteiger charge is -2.07. The summed E-state index contributed by atoms with van der Waals surface area (Å²) in [6.45, 7) is 0.453. The standard InChI is InChI=1S/C9H11NO2/c10-11-6-8-5-7-3-1-2-4-9(7)12-8/h1-4,8H,5-6,10H2. The third kappa shape index (κ3) is 1.29. The summed E-state index contributed by atoms with van der Waals surface area (Å²) >= 11 is 0. The van der Waals surface area contributed by atoms with Crippen molar-refractivity contribution in [3.05, 3.63) is 29.8 Å². The van der Waals surface area contributed by atoms with Crippen LogP contribution in [0, 0.1) is 0 Å². The molecule has 0 bridgehead atoms. The molecule has 1 aromatic rings. The van der Waals surface area contributed by atoms with E-state index in [9.17, 15) is 0 Å². The number of para-hydroxylation sites is 1. The van der Waals surface area contributed by atoms with Crippen molar-refractivity contribution in [1.29, 1.82) is 0 Å². The zero-order valence-electron chi connectivity index (χ0n) is 6.69. The van der Waals surface area contributed by atoms with E-state index in [4.69, 9.17) is 10.6 Å². The molecule has 64 valence electrons. The normalized spacial score (nSPS) is 20.2. The van der Waals surface area contributed by atoms with Crippen LogP contribution >= 0.6 is 0 Å². The molecular formula is C9H11NO2. The molecule has 3 heteroatoms. The first kappa shape index (κ1) is 7.58. The Hall–Kier alpha value is -1.06. The summed E-state index contributed by atoms with van der Waals surface area (Å²) in [7, 11) is 0. The maximum Gasteiger partial charge on any atom is 0.128 e. The van der Waals surface area contributed by atoms with Crippen LogP contribution in [0.4, 0.5) is 0 Å². The molecule has 1 aliphatic rings. The predicted molar refractivity (Wildman–Crippen MR) is 44.7 cm³/mol. The number of fused-ring (bicyclic) bond motifs is 1. The molecule has 0 spiro atoms. The Kier molecular flexibility index (Phi) is 1.98. The molecule has 0 radical (unpaired) electrons. The molecule has 3 nitrogen and oxygen atoms in total. The Labute approximate surface area is 71.0 Å². The maximum atomic E-state index is 5.54. The highest BCUT2D eigenvalue weighted by Gasteiger charge is 2.21. The first-order valence-electron chi connectivity index (χ1n) is 3.96. The second-order valence-corrected chi connectivity index (χ2v) is 2.89. The van der Waals surface area contributed by atoms with Crippen LogP contribution in [-0.4, -0.2) is 12.7 Å². The van der Waals surface area contributed by atoms with E-state index in [0.29, 0.717) is 6.61 Å². The van der Waals surface area contributed by atoms with Gasteiger partial charge in [-0.25, -0.2) is 5.90 Å². The van der Waals surface area contributed by atoms with Crippen LogP contribution in [-0.2, 0) is 11.3 Å². The van der Waals surface area contributed by atoms with E-state index >= 15 is 0 Å². The van der Waals surface area contributed by atoms with Crippen LogP contribution in [0.3, 0.4) is 0 Å². The number of rotatable bonds is 2. The van der Waals surface area contributed by atoms with E-state index in [0.717, 1.165) is 12.2 Å². The lowest BCUT2D eigenvalue weighted by atomic mass is 10.1. The van der Waals surface area contributed by atoms with Crippen molar-refractivity contribution in [1.82, 2.24) is 0 Å². The van der Waals surface area contributed by atoms with E-state index in [1.165, 1.54) is 5.56 Å². The smallest absolute Gasteiger partial charge is 0.128 e. The van der Waals surface area contributed by atoms with Gasteiger partial charge in [-0.1, -0.05) is 18.2 Å². The quantitative estimate of drug-likeness (QED) is 0.661. The average Bonchev–Trinajstić information content (AvgIpc) is 2.47. The SMILES string of the molecule is NOCC1Cc2ccccc2O1. The third-order valence-electron chi connectivity index (χ3n) is 2.00. The van der Waals surface area contributed by atoms with Gasteiger partial charge in [0.1, 0.15) is 18.5 Å². The molecule has 0 aromatic heterocycles.